The van der Waals surface area contributed by atoms with Gasteiger partial charge in [0, 0.05) is 24.6 Å². The van der Waals surface area contributed by atoms with Crippen LogP contribution in [0, 0.1) is 40.4 Å². The molecule has 5 atom stereocenters. The molecule has 5 unspecified atom stereocenters. The van der Waals surface area contributed by atoms with Crippen molar-refractivity contribution in [2.24, 2.45) is 29.1 Å². The summed E-state index contributed by atoms with van der Waals surface area (Å²) >= 11 is 0. The Morgan fingerprint density at radius 3 is 2.49 bits per heavy atom. The van der Waals surface area contributed by atoms with Crippen molar-refractivity contribution in [2.75, 3.05) is 6.54 Å². The minimum Gasteiger partial charge on any atom is -0.339 e. The van der Waals surface area contributed by atoms with Crippen molar-refractivity contribution in [3.05, 3.63) is 36.6 Å². The number of nitrogens with one attached hydrogen (secondary N) is 2. The Morgan fingerprint density at radius 1 is 1.19 bits per heavy atom. The lowest BCUT2D eigenvalue weighted by atomic mass is 9.87. The van der Waals surface area contributed by atoms with Gasteiger partial charge in [0.05, 0.1) is 6.07 Å². The number of fused-ring (bicyclic) bond motifs is 1. The molecule has 0 radical (unpaired) electrons. The molecule has 0 aromatic heterocycles. The molecule has 7 nitrogen and oxygen atoms in total. The summed E-state index contributed by atoms with van der Waals surface area (Å²) in [6.45, 7) is 12.5. The largest absolute Gasteiger partial charge is 0.339 e. The highest BCUT2D eigenvalue weighted by Crippen LogP contribution is 2.65. The number of rotatable bonds is 8. The van der Waals surface area contributed by atoms with Gasteiger partial charge in [0.2, 0.25) is 17.7 Å². The maximum absolute atomic E-state index is 13.6. The van der Waals surface area contributed by atoms with Gasteiger partial charge < -0.3 is 15.5 Å². The van der Waals surface area contributed by atoms with Crippen LogP contribution in [0.15, 0.2) is 36.6 Å². The molecule has 37 heavy (non-hydrogen) atoms. The fourth-order valence-corrected chi connectivity index (χ4v) is 6.99. The van der Waals surface area contributed by atoms with Crippen LogP contribution in [0.4, 0.5) is 0 Å². The molecule has 4 aliphatic rings. The highest BCUT2D eigenvalue weighted by atomic mass is 16.2. The zero-order valence-electron chi connectivity index (χ0n) is 22.4. The first-order valence-electron chi connectivity index (χ1n) is 14.0. The zero-order valence-corrected chi connectivity index (χ0v) is 22.4. The van der Waals surface area contributed by atoms with Crippen molar-refractivity contribution in [2.45, 2.75) is 90.1 Å². The van der Waals surface area contributed by atoms with Crippen molar-refractivity contribution >= 4 is 17.7 Å². The Labute approximate surface area is 221 Å². The van der Waals surface area contributed by atoms with Crippen molar-refractivity contribution < 1.29 is 14.4 Å². The number of piperidine rings is 1. The summed E-state index contributed by atoms with van der Waals surface area (Å²) in [5.41, 5.74) is 1.52. The number of amides is 3. The number of carbonyl (C=O) groups is 3. The van der Waals surface area contributed by atoms with E-state index >= 15 is 0 Å². The lowest BCUT2D eigenvalue weighted by molar-refractivity contribution is -0.141. The highest BCUT2D eigenvalue weighted by Gasteiger charge is 2.69. The normalized spacial score (nSPS) is 30.2. The summed E-state index contributed by atoms with van der Waals surface area (Å²) in [6.07, 6.45) is 12.7. The van der Waals surface area contributed by atoms with E-state index in [2.05, 4.69) is 43.7 Å². The molecular formula is C30H42N4O3. The Balaban J connectivity index is 1.42. The second kappa shape index (κ2) is 11.2. The number of nitriles is 1. The fraction of sp³-hybridized carbons (Fsp3) is 0.667. The van der Waals surface area contributed by atoms with E-state index in [1.807, 2.05) is 0 Å². The van der Waals surface area contributed by atoms with Crippen molar-refractivity contribution in [1.82, 2.24) is 15.5 Å². The van der Waals surface area contributed by atoms with Crippen LogP contribution in [0.5, 0.6) is 0 Å². The summed E-state index contributed by atoms with van der Waals surface area (Å²) in [5.74, 6) is -0.0126. The van der Waals surface area contributed by atoms with E-state index in [1.165, 1.54) is 32.1 Å². The molecule has 2 saturated carbocycles. The number of hydrogen-bond donors (Lipinski definition) is 2. The van der Waals surface area contributed by atoms with Crippen molar-refractivity contribution in [1.29, 1.82) is 5.26 Å². The van der Waals surface area contributed by atoms with Crippen LogP contribution in [0.2, 0.25) is 0 Å². The minimum atomic E-state index is -0.817. The van der Waals surface area contributed by atoms with Gasteiger partial charge >= 0.3 is 0 Å². The van der Waals surface area contributed by atoms with Crippen LogP contribution in [-0.2, 0) is 14.4 Å². The van der Waals surface area contributed by atoms with E-state index in [0.29, 0.717) is 36.9 Å². The lowest BCUT2D eigenvalue weighted by Crippen LogP contribution is -2.52. The van der Waals surface area contributed by atoms with Gasteiger partial charge in [-0.2, -0.15) is 5.26 Å². The van der Waals surface area contributed by atoms with Crippen LogP contribution in [0.25, 0.3) is 0 Å². The zero-order chi connectivity index (χ0) is 26.7. The SMILES string of the molecule is C=CC1=C(C=C)NC(=O)C(CC(C#N)NC(=O)C2C3C(CN2C(=O)CC2CCCCCCC2)C3(C)C)C1. The van der Waals surface area contributed by atoms with E-state index in [4.69, 9.17) is 0 Å². The number of nitrogens with zero attached hydrogens (tertiary/aromatic N) is 2. The average Bonchev–Trinajstić information content (AvgIpc) is 3.18. The van der Waals surface area contributed by atoms with Gasteiger partial charge in [-0.15, -0.1) is 0 Å². The van der Waals surface area contributed by atoms with Gasteiger partial charge in [0.25, 0.3) is 0 Å². The van der Waals surface area contributed by atoms with Crippen molar-refractivity contribution in [3.63, 3.8) is 0 Å². The van der Waals surface area contributed by atoms with Gasteiger partial charge in [-0.25, -0.2) is 0 Å². The van der Waals surface area contributed by atoms with Crippen LogP contribution in [0.1, 0.15) is 78.1 Å². The van der Waals surface area contributed by atoms with Crippen LogP contribution < -0.4 is 10.6 Å². The van der Waals surface area contributed by atoms with E-state index < -0.39 is 18.0 Å². The third-order valence-corrected chi connectivity index (χ3v) is 9.37. The Morgan fingerprint density at radius 2 is 1.86 bits per heavy atom. The highest BCUT2D eigenvalue weighted by molar-refractivity contribution is 5.90. The molecule has 2 heterocycles. The van der Waals surface area contributed by atoms with Crippen LogP contribution >= 0.6 is 0 Å². The van der Waals surface area contributed by atoms with Gasteiger partial charge in [-0.3, -0.25) is 14.4 Å². The molecule has 0 bridgehead atoms. The van der Waals surface area contributed by atoms with Crippen LogP contribution in [0.3, 0.4) is 0 Å². The Bertz CT molecular complexity index is 1010. The minimum absolute atomic E-state index is 0.00909. The fourth-order valence-electron chi connectivity index (χ4n) is 6.99. The number of hydrogen-bond acceptors (Lipinski definition) is 4. The molecule has 0 aromatic rings. The molecule has 200 valence electrons. The molecule has 0 aromatic carbocycles. The van der Waals surface area contributed by atoms with Crippen molar-refractivity contribution in [3.8, 4) is 6.07 Å². The standard InChI is InChI=1S/C30H42N4O3/c1-5-20-15-21(28(36)33-24(20)6-2)16-22(17-31)32-29(37)27-26-23(30(26,3)4)18-34(27)25(35)14-19-12-10-8-7-9-11-13-19/h5-6,19,21-23,26-27H,1-2,7-16,18H2,3-4H3,(H,32,37)(H,33,36). The predicted octanol–water partition coefficient (Wildman–Crippen LogP) is 4.38. The molecule has 7 heteroatoms. The molecule has 2 N–H and O–H groups in total. The van der Waals surface area contributed by atoms with Gasteiger partial charge in [-0.1, -0.05) is 65.2 Å². The second-order valence-corrected chi connectivity index (χ2v) is 12.0. The monoisotopic (exact) mass is 506 g/mol. The summed E-state index contributed by atoms with van der Waals surface area (Å²) in [4.78, 5) is 41.5. The Kier molecular flexibility index (Phi) is 8.26. The quantitative estimate of drug-likeness (QED) is 0.510. The molecule has 0 spiro atoms. The van der Waals surface area contributed by atoms with E-state index in [9.17, 15) is 19.6 Å². The van der Waals surface area contributed by atoms with Gasteiger partial charge in [0.1, 0.15) is 12.1 Å². The topological polar surface area (TPSA) is 102 Å². The Hall–Kier alpha value is -2.88. The van der Waals surface area contributed by atoms with Gasteiger partial charge in [0.15, 0.2) is 0 Å². The lowest BCUT2D eigenvalue weighted by Gasteiger charge is -2.32. The van der Waals surface area contributed by atoms with E-state index in [0.717, 1.165) is 18.4 Å². The average molecular weight is 507 g/mol. The maximum atomic E-state index is 13.6. The van der Waals surface area contributed by atoms with E-state index in [1.54, 1.807) is 17.1 Å². The predicted molar refractivity (Wildman–Crippen MR) is 143 cm³/mol. The summed E-state index contributed by atoms with van der Waals surface area (Å²) in [5, 5.41) is 15.6. The first-order valence-corrected chi connectivity index (χ1v) is 14.0. The number of allylic oxidation sites excluding steroid dienone is 3. The molecule has 2 aliphatic carbocycles. The molecule has 3 fully saturated rings. The third kappa shape index (κ3) is 5.68. The first-order chi connectivity index (χ1) is 17.7. The molecular weight excluding hydrogens is 464 g/mol. The summed E-state index contributed by atoms with van der Waals surface area (Å²) in [7, 11) is 0. The van der Waals surface area contributed by atoms with Crippen LogP contribution in [-0.4, -0.2) is 41.2 Å². The smallest absolute Gasteiger partial charge is 0.244 e. The summed E-state index contributed by atoms with van der Waals surface area (Å²) in [6, 6.07) is 0.812. The second-order valence-electron chi connectivity index (χ2n) is 12.0. The van der Waals surface area contributed by atoms with Gasteiger partial charge in [-0.05, 0) is 60.5 Å². The molecule has 3 amide bonds. The maximum Gasteiger partial charge on any atom is 0.244 e. The molecule has 1 saturated heterocycles. The number of carbonyl (C=O) groups excluding carboxylic acids is 3. The number of likely N-dealkylation sites (tertiary alicyclic amines) is 1. The first kappa shape index (κ1) is 27.2. The molecule has 4 rings (SSSR count). The third-order valence-electron chi connectivity index (χ3n) is 9.37. The summed E-state index contributed by atoms with van der Waals surface area (Å²) < 4.78 is 0. The molecule has 2 aliphatic heterocycles. The van der Waals surface area contributed by atoms with E-state index in [-0.39, 0.29) is 35.5 Å².